The average Bonchev–Trinajstić information content (AvgIpc) is 3.40. The number of amides is 1. The molecule has 0 spiro atoms. The van der Waals surface area contributed by atoms with Gasteiger partial charge in [-0.1, -0.05) is 19.3 Å². The topological polar surface area (TPSA) is 91.4 Å². The number of carbonyl (C=O) groups excluding carboxylic acids is 1. The first-order chi connectivity index (χ1) is 17.4. The van der Waals surface area contributed by atoms with Crippen molar-refractivity contribution in [2.24, 2.45) is 5.92 Å². The van der Waals surface area contributed by atoms with Gasteiger partial charge in [0.25, 0.3) is 0 Å². The highest BCUT2D eigenvalue weighted by molar-refractivity contribution is 7.08. The van der Waals surface area contributed by atoms with Crippen LogP contribution in [-0.2, 0) is 4.79 Å². The molecule has 1 aliphatic rings. The first-order valence-electron chi connectivity index (χ1n) is 12.6. The Labute approximate surface area is 218 Å². The SMILES string of the molecule is CN(C)CCOc1ccc(C(=N)c2cc(NC(=O)C(c3ccsc3)C3CCCCC3)ccc2N)cc1. The number of likely N-dealkylation sites (N-methyl/N-ethyl adjacent to an activating group) is 1. The van der Waals surface area contributed by atoms with Crippen LogP contribution in [0.5, 0.6) is 5.75 Å². The minimum atomic E-state index is -0.156. The molecule has 0 bridgehead atoms. The van der Waals surface area contributed by atoms with Crippen molar-refractivity contribution in [1.82, 2.24) is 4.90 Å². The molecule has 1 heterocycles. The molecule has 3 aromatic rings. The van der Waals surface area contributed by atoms with Crippen LogP contribution in [-0.4, -0.2) is 43.8 Å². The molecule has 0 radical (unpaired) electrons. The molecule has 0 aliphatic heterocycles. The number of ether oxygens (including phenoxy) is 1. The summed E-state index contributed by atoms with van der Waals surface area (Å²) in [5.41, 5.74) is 10.2. The lowest BCUT2D eigenvalue weighted by Crippen LogP contribution is -2.28. The van der Waals surface area contributed by atoms with Gasteiger partial charge in [0.05, 0.1) is 11.6 Å². The molecule has 2 aromatic carbocycles. The number of hydrogen-bond donors (Lipinski definition) is 3. The van der Waals surface area contributed by atoms with Crippen LogP contribution in [0.2, 0.25) is 0 Å². The van der Waals surface area contributed by atoms with Crippen molar-refractivity contribution in [1.29, 1.82) is 5.41 Å². The van der Waals surface area contributed by atoms with Gasteiger partial charge in [-0.2, -0.15) is 11.3 Å². The van der Waals surface area contributed by atoms with Crippen LogP contribution < -0.4 is 15.8 Å². The molecule has 7 heteroatoms. The number of thiophene rings is 1. The Morgan fingerprint density at radius 1 is 1.14 bits per heavy atom. The highest BCUT2D eigenvalue weighted by atomic mass is 32.1. The van der Waals surface area contributed by atoms with E-state index in [1.165, 1.54) is 19.3 Å². The van der Waals surface area contributed by atoms with E-state index in [-0.39, 0.29) is 11.8 Å². The smallest absolute Gasteiger partial charge is 0.232 e. The van der Waals surface area contributed by atoms with E-state index < -0.39 is 0 Å². The lowest BCUT2D eigenvalue weighted by Gasteiger charge is -2.29. The largest absolute Gasteiger partial charge is 0.492 e. The van der Waals surface area contributed by atoms with Crippen molar-refractivity contribution >= 4 is 34.3 Å². The maximum Gasteiger partial charge on any atom is 0.232 e. The van der Waals surface area contributed by atoms with Crippen LogP contribution in [0.15, 0.2) is 59.3 Å². The maximum atomic E-state index is 13.5. The molecule has 1 unspecified atom stereocenters. The zero-order valence-corrected chi connectivity index (χ0v) is 21.9. The summed E-state index contributed by atoms with van der Waals surface area (Å²) in [5.74, 6) is 0.988. The minimum absolute atomic E-state index is 0.0155. The second kappa shape index (κ2) is 12.2. The molecule has 0 saturated heterocycles. The standard InChI is InChI=1S/C29H36N4O2S/c1-33(2)15-16-35-24-11-8-21(9-12-24)28(31)25-18-23(10-13-26(25)30)32-29(34)27(22-14-17-36-19-22)20-6-4-3-5-7-20/h8-14,17-20,27,31H,3-7,15-16,30H2,1-2H3,(H,32,34). The van der Waals surface area contributed by atoms with E-state index in [2.05, 4.69) is 21.7 Å². The van der Waals surface area contributed by atoms with Crippen molar-refractivity contribution in [3.8, 4) is 5.75 Å². The van der Waals surface area contributed by atoms with Crippen LogP contribution in [0.4, 0.5) is 11.4 Å². The third kappa shape index (κ3) is 6.53. The summed E-state index contributed by atoms with van der Waals surface area (Å²) < 4.78 is 5.76. The Kier molecular flexibility index (Phi) is 8.78. The highest BCUT2D eigenvalue weighted by Crippen LogP contribution is 2.38. The lowest BCUT2D eigenvalue weighted by molar-refractivity contribution is -0.119. The molecule has 36 heavy (non-hydrogen) atoms. The van der Waals surface area contributed by atoms with E-state index in [1.54, 1.807) is 17.4 Å². The quantitative estimate of drug-likeness (QED) is 0.234. The van der Waals surface area contributed by atoms with E-state index in [0.29, 0.717) is 35.2 Å². The van der Waals surface area contributed by atoms with E-state index in [0.717, 1.165) is 36.3 Å². The Morgan fingerprint density at radius 2 is 1.89 bits per heavy atom. The predicted molar refractivity (Wildman–Crippen MR) is 150 cm³/mol. The van der Waals surface area contributed by atoms with Crippen molar-refractivity contribution in [2.75, 3.05) is 38.3 Å². The monoisotopic (exact) mass is 504 g/mol. The highest BCUT2D eigenvalue weighted by Gasteiger charge is 2.31. The summed E-state index contributed by atoms with van der Waals surface area (Å²) >= 11 is 1.63. The molecule has 6 nitrogen and oxygen atoms in total. The number of nitrogens with two attached hydrogens (primary N) is 1. The van der Waals surface area contributed by atoms with E-state index >= 15 is 0 Å². The maximum absolute atomic E-state index is 13.5. The molecule has 190 valence electrons. The van der Waals surface area contributed by atoms with E-state index in [4.69, 9.17) is 15.9 Å². The van der Waals surface area contributed by atoms with Crippen molar-refractivity contribution < 1.29 is 9.53 Å². The van der Waals surface area contributed by atoms with Crippen LogP contribution >= 0.6 is 11.3 Å². The third-order valence-corrected chi connectivity index (χ3v) is 7.55. The van der Waals surface area contributed by atoms with Gasteiger partial charge in [0.2, 0.25) is 5.91 Å². The summed E-state index contributed by atoms with van der Waals surface area (Å²) in [5, 5.41) is 16.0. The lowest BCUT2D eigenvalue weighted by atomic mass is 9.77. The van der Waals surface area contributed by atoms with Crippen molar-refractivity contribution in [3.63, 3.8) is 0 Å². The van der Waals surface area contributed by atoms with Crippen molar-refractivity contribution in [2.45, 2.75) is 38.0 Å². The molecular weight excluding hydrogens is 468 g/mol. The van der Waals surface area contributed by atoms with Gasteiger partial charge in [-0.25, -0.2) is 0 Å². The first-order valence-corrected chi connectivity index (χ1v) is 13.6. The Morgan fingerprint density at radius 3 is 2.56 bits per heavy atom. The fraction of sp³-hybridized carbons (Fsp3) is 0.379. The molecule has 4 rings (SSSR count). The van der Waals surface area contributed by atoms with Crippen LogP contribution in [0.3, 0.4) is 0 Å². The van der Waals surface area contributed by atoms with Gasteiger partial charge in [-0.05, 0) is 97.7 Å². The molecule has 1 aromatic heterocycles. The van der Waals surface area contributed by atoms with Gasteiger partial charge in [0.15, 0.2) is 0 Å². The third-order valence-electron chi connectivity index (χ3n) is 6.85. The van der Waals surface area contributed by atoms with Gasteiger partial charge in [-0.15, -0.1) is 0 Å². The predicted octanol–water partition coefficient (Wildman–Crippen LogP) is 5.99. The Balaban J connectivity index is 1.48. The minimum Gasteiger partial charge on any atom is -0.492 e. The van der Waals surface area contributed by atoms with Crippen LogP contribution in [0.1, 0.15) is 54.7 Å². The Bertz CT molecular complexity index is 1150. The van der Waals surface area contributed by atoms with Gasteiger partial charge in [0, 0.05) is 29.0 Å². The first kappa shape index (κ1) is 25.9. The number of nitrogens with one attached hydrogen (secondary N) is 2. The summed E-state index contributed by atoms with van der Waals surface area (Å²) in [6.45, 7) is 1.44. The van der Waals surface area contributed by atoms with Crippen molar-refractivity contribution in [3.05, 3.63) is 76.0 Å². The van der Waals surface area contributed by atoms with Gasteiger partial charge < -0.3 is 20.7 Å². The summed E-state index contributed by atoms with van der Waals surface area (Å²) in [6.07, 6.45) is 5.78. The molecule has 1 fully saturated rings. The second-order valence-electron chi connectivity index (χ2n) is 9.77. The second-order valence-corrected chi connectivity index (χ2v) is 10.6. The normalized spacial score (nSPS) is 15.0. The van der Waals surface area contributed by atoms with Crippen LogP contribution in [0, 0.1) is 11.3 Å². The number of rotatable bonds is 10. The fourth-order valence-electron chi connectivity index (χ4n) is 4.85. The average molecular weight is 505 g/mol. The van der Waals surface area contributed by atoms with Gasteiger partial charge >= 0.3 is 0 Å². The number of anilines is 2. The molecule has 4 N–H and O–H groups in total. The van der Waals surface area contributed by atoms with E-state index in [1.807, 2.05) is 55.9 Å². The Hall–Kier alpha value is -3.16. The number of nitrogen functional groups attached to an aromatic ring is 1. The number of carbonyl (C=O) groups is 1. The molecule has 1 atom stereocenters. The molecule has 1 aliphatic carbocycles. The summed E-state index contributed by atoms with van der Waals surface area (Å²) in [7, 11) is 4.01. The molecule has 1 amide bonds. The summed E-state index contributed by atoms with van der Waals surface area (Å²) in [6, 6.07) is 14.9. The summed E-state index contributed by atoms with van der Waals surface area (Å²) in [4.78, 5) is 15.6. The molecular formula is C29H36N4O2S. The van der Waals surface area contributed by atoms with Gasteiger partial charge in [0.1, 0.15) is 12.4 Å². The number of benzene rings is 2. The zero-order chi connectivity index (χ0) is 25.5. The number of hydrogen-bond acceptors (Lipinski definition) is 6. The molecule has 1 saturated carbocycles. The van der Waals surface area contributed by atoms with Crippen LogP contribution in [0.25, 0.3) is 0 Å². The number of nitrogens with zero attached hydrogens (tertiary/aromatic N) is 1. The van der Waals surface area contributed by atoms with E-state index in [9.17, 15) is 4.79 Å². The zero-order valence-electron chi connectivity index (χ0n) is 21.1. The fourth-order valence-corrected chi connectivity index (χ4v) is 5.54. The van der Waals surface area contributed by atoms with Gasteiger partial charge in [-0.3, -0.25) is 10.2 Å².